The van der Waals surface area contributed by atoms with Crippen LogP contribution in [0.3, 0.4) is 0 Å². The number of methoxy groups -OCH3 is 1. The second-order valence-corrected chi connectivity index (χ2v) is 12.8. The number of aromatic nitrogens is 6. The van der Waals surface area contributed by atoms with Gasteiger partial charge in [-0.05, 0) is 78.7 Å². The lowest BCUT2D eigenvalue weighted by Crippen LogP contribution is -2.31. The molecule has 6 aromatic rings. The van der Waals surface area contributed by atoms with Crippen LogP contribution in [-0.2, 0) is 5.41 Å². The number of fused-ring (bicyclic) bond motifs is 2. The van der Waals surface area contributed by atoms with Gasteiger partial charge >= 0.3 is 6.01 Å². The van der Waals surface area contributed by atoms with Crippen LogP contribution in [0.2, 0.25) is 0 Å². The van der Waals surface area contributed by atoms with E-state index < -0.39 is 29.0 Å². The third-order valence-corrected chi connectivity index (χ3v) is 9.11. The van der Waals surface area contributed by atoms with Crippen LogP contribution in [0.1, 0.15) is 72.2 Å². The molecule has 15 heteroatoms. The summed E-state index contributed by atoms with van der Waals surface area (Å²) >= 11 is 0. The lowest BCUT2D eigenvalue weighted by molar-refractivity contribution is 0.0907. The summed E-state index contributed by atoms with van der Waals surface area (Å²) in [5.41, 5.74) is 2.42. The van der Waals surface area contributed by atoms with Gasteiger partial charge in [0.1, 0.15) is 28.8 Å². The monoisotopic (exact) mass is 720 g/mol. The van der Waals surface area contributed by atoms with Gasteiger partial charge < -0.3 is 14.2 Å². The zero-order valence-corrected chi connectivity index (χ0v) is 29.2. The van der Waals surface area contributed by atoms with E-state index in [1.165, 1.54) is 31.6 Å². The van der Waals surface area contributed by atoms with E-state index >= 15 is 0 Å². The minimum atomic E-state index is -0.579. The Labute approximate surface area is 307 Å². The van der Waals surface area contributed by atoms with Crippen molar-refractivity contribution in [3.63, 3.8) is 0 Å². The molecule has 4 heterocycles. The van der Waals surface area contributed by atoms with Crippen LogP contribution in [0.4, 0.5) is 11.9 Å². The largest absolute Gasteiger partial charge is 0.467 e. The fourth-order valence-electron chi connectivity index (χ4n) is 6.23. The van der Waals surface area contributed by atoms with E-state index in [1.54, 1.807) is 31.2 Å². The smallest absolute Gasteiger partial charge is 0.321 e. The minimum Gasteiger partial charge on any atom is -0.467 e. The lowest BCUT2D eigenvalue weighted by atomic mass is 9.78. The quantitative estimate of drug-likeness (QED) is 0.162. The summed E-state index contributed by atoms with van der Waals surface area (Å²) in [6.07, 6.45) is 2.71. The molecular weight excluding hydrogens is 692 g/mol. The predicted octanol–water partition coefficient (Wildman–Crippen LogP) is 5.89. The molecule has 0 fully saturated rings. The lowest BCUT2D eigenvalue weighted by Gasteiger charge is -2.26. The van der Waals surface area contributed by atoms with Gasteiger partial charge in [-0.2, -0.15) is 20.1 Å². The highest BCUT2D eigenvalue weighted by atomic mass is 16.5. The Balaban J connectivity index is 0.939. The summed E-state index contributed by atoms with van der Waals surface area (Å²) in [5, 5.41) is 7.50. The molecule has 0 unspecified atom stereocenters. The standard InChI is InChI=1S/C39H28N8O7/c1-21-42-37(44-38(43-21)52-4)47-33(49)29-16-14-27(20-31(29)35(47)51)54-25-11-7-23(8-12-25)39(2,3)22-5-9-24(10-6-22)53-26-13-15-28-30(19-26)34(50)46(32(28)48)36-40-17-18-41-45-36/h5-20H,1-4H3. The normalized spacial score (nSPS) is 13.6. The average Bonchev–Trinajstić information content (AvgIpc) is 3.58. The zero-order valence-electron chi connectivity index (χ0n) is 29.2. The second-order valence-electron chi connectivity index (χ2n) is 12.8. The highest BCUT2D eigenvalue weighted by Crippen LogP contribution is 2.37. The van der Waals surface area contributed by atoms with Crippen LogP contribution in [0.15, 0.2) is 97.3 Å². The van der Waals surface area contributed by atoms with Crippen LogP contribution in [0.25, 0.3) is 0 Å². The van der Waals surface area contributed by atoms with Crippen molar-refractivity contribution in [2.24, 2.45) is 0 Å². The summed E-state index contributed by atoms with van der Waals surface area (Å²) in [4.78, 5) is 70.4. The van der Waals surface area contributed by atoms with Crippen LogP contribution < -0.4 is 24.0 Å². The van der Waals surface area contributed by atoms with Crippen molar-refractivity contribution in [3.05, 3.63) is 137 Å². The maximum absolute atomic E-state index is 13.3. The Morgan fingerprint density at radius 2 is 1.04 bits per heavy atom. The molecule has 0 saturated heterocycles. The number of rotatable bonds is 9. The Morgan fingerprint density at radius 1 is 0.556 bits per heavy atom. The molecule has 0 saturated carbocycles. The van der Waals surface area contributed by atoms with E-state index in [1.807, 2.05) is 48.5 Å². The topological polar surface area (TPSA) is 180 Å². The number of anilines is 2. The highest BCUT2D eigenvalue weighted by Gasteiger charge is 2.40. The molecule has 0 radical (unpaired) electrons. The fourth-order valence-corrected chi connectivity index (χ4v) is 6.23. The number of amides is 4. The SMILES string of the molecule is COc1nc(C)nc(N2C(=O)c3ccc(Oc4ccc(C(C)(C)c5ccc(Oc6ccc7c(c6)C(=O)N(c6nccnn6)C7=O)cc5)cc4)cc3C2=O)n1. The van der Waals surface area contributed by atoms with E-state index in [9.17, 15) is 19.2 Å². The Kier molecular flexibility index (Phi) is 8.09. The molecule has 0 bridgehead atoms. The van der Waals surface area contributed by atoms with E-state index in [4.69, 9.17) is 14.2 Å². The molecule has 0 aliphatic carbocycles. The van der Waals surface area contributed by atoms with Gasteiger partial charge in [0.2, 0.25) is 5.95 Å². The van der Waals surface area contributed by atoms with Gasteiger partial charge in [-0.15, -0.1) is 5.10 Å². The number of hydrogen-bond donors (Lipinski definition) is 0. The van der Waals surface area contributed by atoms with Gasteiger partial charge in [0.05, 0.1) is 41.8 Å². The Morgan fingerprint density at radius 3 is 1.52 bits per heavy atom. The van der Waals surface area contributed by atoms with Crippen LogP contribution in [0.5, 0.6) is 29.0 Å². The highest BCUT2D eigenvalue weighted by molar-refractivity contribution is 6.34. The van der Waals surface area contributed by atoms with Crippen LogP contribution in [-0.4, -0.2) is 60.9 Å². The molecule has 0 spiro atoms. The van der Waals surface area contributed by atoms with Crippen molar-refractivity contribution in [1.29, 1.82) is 0 Å². The molecule has 266 valence electrons. The zero-order chi connectivity index (χ0) is 37.7. The molecule has 8 rings (SSSR count). The van der Waals surface area contributed by atoms with Crippen molar-refractivity contribution >= 4 is 35.5 Å². The van der Waals surface area contributed by atoms with E-state index in [0.29, 0.717) is 28.8 Å². The van der Waals surface area contributed by atoms with Gasteiger partial charge in [0.15, 0.2) is 0 Å². The van der Waals surface area contributed by atoms with Gasteiger partial charge in [-0.1, -0.05) is 38.1 Å². The van der Waals surface area contributed by atoms with E-state index in [-0.39, 0.29) is 40.2 Å². The number of nitrogens with zero attached hydrogens (tertiary/aromatic N) is 8. The molecule has 2 aromatic heterocycles. The van der Waals surface area contributed by atoms with Crippen molar-refractivity contribution in [2.45, 2.75) is 26.2 Å². The third-order valence-electron chi connectivity index (χ3n) is 9.11. The molecule has 4 amide bonds. The van der Waals surface area contributed by atoms with Crippen LogP contribution in [0, 0.1) is 6.92 Å². The molecule has 2 aliphatic rings. The van der Waals surface area contributed by atoms with Crippen molar-refractivity contribution in [3.8, 4) is 29.0 Å². The van der Waals surface area contributed by atoms with Gasteiger partial charge in [0, 0.05) is 5.41 Å². The molecular formula is C39H28N8O7. The number of hydrogen-bond acceptors (Lipinski definition) is 13. The molecule has 2 aliphatic heterocycles. The summed E-state index contributed by atoms with van der Waals surface area (Å²) in [5.74, 6) is -0.275. The maximum atomic E-state index is 13.3. The number of aryl methyl sites for hydroxylation is 1. The summed E-state index contributed by atoms with van der Waals surface area (Å²) in [6, 6.07) is 24.6. The molecule has 54 heavy (non-hydrogen) atoms. The van der Waals surface area contributed by atoms with Crippen molar-refractivity contribution in [1.82, 2.24) is 30.1 Å². The second kappa shape index (κ2) is 13.0. The first-order chi connectivity index (χ1) is 26.0. The number of carbonyl (C=O) groups excluding carboxylic acids is 4. The molecule has 4 aromatic carbocycles. The van der Waals surface area contributed by atoms with Gasteiger partial charge in [0.25, 0.3) is 29.6 Å². The fraction of sp³-hybridized carbons (Fsp3) is 0.128. The number of imide groups is 2. The van der Waals surface area contributed by atoms with Crippen LogP contribution >= 0.6 is 0 Å². The maximum Gasteiger partial charge on any atom is 0.321 e. The molecule has 15 nitrogen and oxygen atoms in total. The van der Waals surface area contributed by atoms with E-state index in [0.717, 1.165) is 20.9 Å². The third kappa shape index (κ3) is 5.82. The Bertz CT molecular complexity index is 2510. The minimum absolute atomic E-state index is 0.00631. The molecule has 0 N–H and O–H groups in total. The Hall–Kier alpha value is -7.42. The average molecular weight is 721 g/mol. The number of benzene rings is 4. The number of carbonyl (C=O) groups is 4. The van der Waals surface area contributed by atoms with E-state index in [2.05, 4.69) is 44.0 Å². The summed E-state index contributed by atoms with van der Waals surface area (Å²) in [7, 11) is 1.39. The molecule has 0 atom stereocenters. The van der Waals surface area contributed by atoms with Crippen molar-refractivity contribution < 1.29 is 33.4 Å². The predicted molar refractivity (Wildman–Crippen MR) is 191 cm³/mol. The van der Waals surface area contributed by atoms with Gasteiger partial charge in [-0.25, -0.2) is 14.8 Å². The summed E-state index contributed by atoms with van der Waals surface area (Å²) in [6.45, 7) is 5.80. The first-order valence-corrected chi connectivity index (χ1v) is 16.5. The van der Waals surface area contributed by atoms with Gasteiger partial charge in [-0.3, -0.25) is 19.2 Å². The first kappa shape index (κ1) is 33.7. The number of ether oxygens (including phenoxy) is 3. The summed E-state index contributed by atoms with van der Waals surface area (Å²) < 4.78 is 17.2. The first-order valence-electron chi connectivity index (χ1n) is 16.5. The van der Waals surface area contributed by atoms with Crippen molar-refractivity contribution in [2.75, 3.05) is 16.9 Å².